The van der Waals surface area contributed by atoms with Gasteiger partial charge in [-0.15, -0.1) is 0 Å². The Kier molecular flexibility index (Phi) is 5.77. The lowest BCUT2D eigenvalue weighted by Gasteiger charge is -2.31. The summed E-state index contributed by atoms with van der Waals surface area (Å²) < 4.78 is 0. The highest BCUT2D eigenvalue weighted by molar-refractivity contribution is 6.30. The Morgan fingerprint density at radius 2 is 2.09 bits per heavy atom. The minimum atomic E-state index is -1.17. The van der Waals surface area contributed by atoms with E-state index in [0.717, 1.165) is 31.9 Å². The Hall–Kier alpha value is -1.88. The van der Waals surface area contributed by atoms with E-state index in [4.69, 9.17) is 17.0 Å². The van der Waals surface area contributed by atoms with Gasteiger partial charge in [0.25, 0.3) is 0 Å². The molecule has 6 heteroatoms. The van der Waals surface area contributed by atoms with Crippen molar-refractivity contribution in [1.29, 1.82) is 5.41 Å². The van der Waals surface area contributed by atoms with Gasteiger partial charge in [-0.2, -0.15) is 0 Å². The molecule has 1 atom stereocenters. The molecule has 1 aromatic carbocycles. The standard InChI is InChI=1S/C17H22ClN3O2/c1-20-16(23)21-15(22)17(11-19,10-12-5-2-3-6-12)13-7-4-8-14(18)9-13/h4,7-9,11-12,19H,2-3,5-6,10H2,1H3,(H2,20,21,22,23). The van der Waals surface area contributed by atoms with E-state index in [1.165, 1.54) is 7.05 Å². The summed E-state index contributed by atoms with van der Waals surface area (Å²) in [7, 11) is 1.45. The molecule has 1 saturated carbocycles. The average Bonchev–Trinajstić information content (AvgIpc) is 3.05. The van der Waals surface area contributed by atoms with Gasteiger partial charge in [0, 0.05) is 18.3 Å². The summed E-state index contributed by atoms with van der Waals surface area (Å²) >= 11 is 6.08. The summed E-state index contributed by atoms with van der Waals surface area (Å²) in [6.45, 7) is 0. The van der Waals surface area contributed by atoms with Crippen LogP contribution in [0, 0.1) is 11.3 Å². The fraction of sp³-hybridized carbons (Fsp3) is 0.471. The fourth-order valence-corrected chi connectivity index (χ4v) is 3.45. The number of imide groups is 1. The molecule has 124 valence electrons. The van der Waals surface area contributed by atoms with E-state index < -0.39 is 17.4 Å². The van der Waals surface area contributed by atoms with Crippen molar-refractivity contribution in [2.24, 2.45) is 5.92 Å². The largest absolute Gasteiger partial charge is 0.341 e. The van der Waals surface area contributed by atoms with Crippen molar-refractivity contribution in [3.8, 4) is 0 Å². The Morgan fingerprint density at radius 1 is 1.39 bits per heavy atom. The quantitative estimate of drug-likeness (QED) is 0.722. The van der Waals surface area contributed by atoms with Crippen LogP contribution in [0.3, 0.4) is 0 Å². The zero-order valence-electron chi connectivity index (χ0n) is 13.2. The molecular weight excluding hydrogens is 314 g/mol. The topological polar surface area (TPSA) is 82.1 Å². The third-order valence-corrected chi connectivity index (χ3v) is 4.77. The van der Waals surface area contributed by atoms with Gasteiger partial charge in [0.1, 0.15) is 5.41 Å². The van der Waals surface area contributed by atoms with E-state index in [0.29, 0.717) is 22.9 Å². The number of carbonyl (C=O) groups is 2. The monoisotopic (exact) mass is 335 g/mol. The average molecular weight is 336 g/mol. The molecule has 0 radical (unpaired) electrons. The van der Waals surface area contributed by atoms with Crippen LogP contribution in [-0.4, -0.2) is 25.2 Å². The van der Waals surface area contributed by atoms with Gasteiger partial charge < -0.3 is 10.7 Å². The van der Waals surface area contributed by atoms with E-state index in [2.05, 4.69) is 10.6 Å². The van der Waals surface area contributed by atoms with Crippen molar-refractivity contribution in [3.63, 3.8) is 0 Å². The maximum atomic E-state index is 12.8. The van der Waals surface area contributed by atoms with Crippen LogP contribution in [0.15, 0.2) is 24.3 Å². The number of carbonyl (C=O) groups excluding carboxylic acids is 2. The number of rotatable bonds is 5. The highest BCUT2D eigenvalue weighted by Crippen LogP contribution is 2.38. The molecule has 0 heterocycles. The molecule has 3 amide bonds. The third kappa shape index (κ3) is 3.91. The number of hydrogen-bond donors (Lipinski definition) is 3. The second kappa shape index (κ2) is 7.59. The summed E-state index contributed by atoms with van der Waals surface area (Å²) in [4.78, 5) is 24.4. The lowest BCUT2D eigenvalue weighted by Crippen LogP contribution is -2.50. The van der Waals surface area contributed by atoms with E-state index in [1.54, 1.807) is 24.3 Å². The van der Waals surface area contributed by atoms with Crippen molar-refractivity contribution in [2.75, 3.05) is 7.05 Å². The summed E-state index contributed by atoms with van der Waals surface area (Å²) in [6.07, 6.45) is 6.04. The van der Waals surface area contributed by atoms with Crippen LogP contribution in [-0.2, 0) is 10.2 Å². The second-order valence-electron chi connectivity index (χ2n) is 6.01. The number of nitrogens with one attached hydrogen (secondary N) is 3. The van der Waals surface area contributed by atoms with Crippen molar-refractivity contribution in [3.05, 3.63) is 34.9 Å². The van der Waals surface area contributed by atoms with Gasteiger partial charge >= 0.3 is 6.03 Å². The van der Waals surface area contributed by atoms with Gasteiger partial charge in [-0.05, 0) is 30.0 Å². The Balaban J connectivity index is 2.40. The smallest absolute Gasteiger partial charge is 0.321 e. The fourth-order valence-electron chi connectivity index (χ4n) is 3.26. The zero-order chi connectivity index (χ0) is 16.9. The molecule has 0 saturated heterocycles. The molecule has 23 heavy (non-hydrogen) atoms. The molecule has 0 aromatic heterocycles. The van der Waals surface area contributed by atoms with Gasteiger partial charge in [-0.25, -0.2) is 4.79 Å². The van der Waals surface area contributed by atoms with E-state index >= 15 is 0 Å². The Bertz CT molecular complexity index is 599. The summed E-state index contributed by atoms with van der Waals surface area (Å²) in [6, 6.07) is 6.40. The van der Waals surface area contributed by atoms with Crippen LogP contribution in [0.5, 0.6) is 0 Å². The van der Waals surface area contributed by atoms with Crippen LogP contribution in [0.25, 0.3) is 0 Å². The van der Waals surface area contributed by atoms with Crippen LogP contribution in [0.4, 0.5) is 4.79 Å². The molecule has 0 spiro atoms. The molecule has 0 aliphatic heterocycles. The molecule has 2 rings (SSSR count). The highest BCUT2D eigenvalue weighted by Gasteiger charge is 2.41. The first-order chi connectivity index (χ1) is 11.0. The predicted molar refractivity (Wildman–Crippen MR) is 91.1 cm³/mol. The number of urea groups is 1. The number of halogens is 1. The minimum Gasteiger partial charge on any atom is -0.341 e. The third-order valence-electron chi connectivity index (χ3n) is 4.53. The van der Waals surface area contributed by atoms with Gasteiger partial charge in [0.2, 0.25) is 5.91 Å². The van der Waals surface area contributed by atoms with E-state index in [-0.39, 0.29) is 0 Å². The maximum absolute atomic E-state index is 12.8. The summed E-state index contributed by atoms with van der Waals surface area (Å²) in [5.41, 5.74) is -0.528. The molecule has 1 aromatic rings. The lowest BCUT2D eigenvalue weighted by molar-refractivity contribution is -0.123. The second-order valence-corrected chi connectivity index (χ2v) is 6.45. The Morgan fingerprint density at radius 3 is 2.65 bits per heavy atom. The van der Waals surface area contributed by atoms with Crippen LogP contribution in [0.1, 0.15) is 37.7 Å². The summed E-state index contributed by atoms with van der Waals surface area (Å²) in [5, 5.41) is 13.2. The first-order valence-electron chi connectivity index (χ1n) is 7.82. The highest BCUT2D eigenvalue weighted by atomic mass is 35.5. The van der Waals surface area contributed by atoms with Crippen molar-refractivity contribution < 1.29 is 9.59 Å². The van der Waals surface area contributed by atoms with E-state index in [1.807, 2.05) is 0 Å². The van der Waals surface area contributed by atoms with Crippen LogP contribution < -0.4 is 10.6 Å². The van der Waals surface area contributed by atoms with Crippen molar-refractivity contribution in [1.82, 2.24) is 10.6 Å². The van der Waals surface area contributed by atoms with Crippen molar-refractivity contribution >= 4 is 29.8 Å². The number of hydrogen-bond acceptors (Lipinski definition) is 3. The SMILES string of the molecule is CNC(=O)NC(=O)C(C=N)(CC1CCCC1)c1cccc(Cl)c1. The summed E-state index contributed by atoms with van der Waals surface area (Å²) in [5.74, 6) is -0.118. The molecule has 3 N–H and O–H groups in total. The molecule has 1 aliphatic carbocycles. The minimum absolute atomic E-state index is 0.367. The normalized spacial score (nSPS) is 17.3. The number of amides is 3. The Labute approximate surface area is 141 Å². The van der Waals surface area contributed by atoms with Gasteiger partial charge in [-0.3, -0.25) is 10.1 Å². The van der Waals surface area contributed by atoms with Crippen LogP contribution >= 0.6 is 11.6 Å². The van der Waals surface area contributed by atoms with E-state index in [9.17, 15) is 9.59 Å². The lowest BCUT2D eigenvalue weighted by atomic mass is 9.73. The molecule has 1 unspecified atom stereocenters. The van der Waals surface area contributed by atoms with Gasteiger partial charge in [-0.1, -0.05) is 49.4 Å². The van der Waals surface area contributed by atoms with Gasteiger partial charge in [0.05, 0.1) is 0 Å². The van der Waals surface area contributed by atoms with Crippen LogP contribution in [0.2, 0.25) is 5.02 Å². The molecule has 5 nitrogen and oxygen atoms in total. The molecular formula is C17H22ClN3O2. The maximum Gasteiger partial charge on any atom is 0.321 e. The first kappa shape index (κ1) is 17.5. The van der Waals surface area contributed by atoms with Gasteiger partial charge in [0.15, 0.2) is 0 Å². The molecule has 1 fully saturated rings. The number of benzene rings is 1. The zero-order valence-corrected chi connectivity index (χ0v) is 14.0. The van der Waals surface area contributed by atoms with Crippen molar-refractivity contribution in [2.45, 2.75) is 37.5 Å². The molecule has 1 aliphatic rings. The first-order valence-corrected chi connectivity index (χ1v) is 8.20. The predicted octanol–water partition coefficient (Wildman–Crippen LogP) is 3.26. The molecule has 0 bridgehead atoms.